The van der Waals surface area contributed by atoms with Crippen molar-refractivity contribution in [3.8, 4) is 5.75 Å². The highest BCUT2D eigenvalue weighted by Crippen LogP contribution is 2.19. The highest BCUT2D eigenvalue weighted by atomic mass is 32.2. The lowest BCUT2D eigenvalue weighted by Crippen LogP contribution is -1.89. The van der Waals surface area contributed by atoms with Crippen molar-refractivity contribution in [3.63, 3.8) is 0 Å². The first kappa shape index (κ1) is 16.5. The fourth-order valence-electron chi connectivity index (χ4n) is 1.15. The molecular formula is C12H18O5S. The number of methoxy groups -OCH3 is 1. The Bertz CT molecular complexity index is 454. The van der Waals surface area contributed by atoms with Gasteiger partial charge in [0.25, 0.3) is 10.1 Å². The van der Waals surface area contributed by atoms with E-state index in [1.807, 2.05) is 31.2 Å². The number of hydrogen-bond acceptors (Lipinski definition) is 4. The third-order valence-corrected chi connectivity index (χ3v) is 2.02. The molecule has 5 nitrogen and oxygen atoms in total. The zero-order chi connectivity index (χ0) is 14.2. The van der Waals surface area contributed by atoms with Gasteiger partial charge in [0.15, 0.2) is 0 Å². The molecule has 0 fully saturated rings. The molecule has 1 rings (SSSR count). The van der Waals surface area contributed by atoms with Gasteiger partial charge in [-0.1, -0.05) is 19.1 Å². The van der Waals surface area contributed by atoms with Crippen molar-refractivity contribution < 1.29 is 22.8 Å². The molecule has 18 heavy (non-hydrogen) atoms. The van der Waals surface area contributed by atoms with E-state index in [-0.39, 0.29) is 5.92 Å². The highest BCUT2D eigenvalue weighted by molar-refractivity contribution is 7.85. The van der Waals surface area contributed by atoms with Crippen LogP contribution >= 0.6 is 0 Å². The average molecular weight is 274 g/mol. The van der Waals surface area contributed by atoms with Crippen molar-refractivity contribution in [2.24, 2.45) is 0 Å². The molecule has 0 aliphatic carbocycles. The van der Waals surface area contributed by atoms with Crippen LogP contribution in [0.4, 0.5) is 0 Å². The quantitative estimate of drug-likeness (QED) is 0.653. The van der Waals surface area contributed by atoms with Gasteiger partial charge < -0.3 is 9.84 Å². The summed E-state index contributed by atoms with van der Waals surface area (Å²) in [6.07, 6.45) is 3.53. The van der Waals surface area contributed by atoms with Crippen LogP contribution in [0.15, 0.2) is 36.6 Å². The Morgan fingerprint density at radius 3 is 2.06 bits per heavy atom. The minimum atomic E-state index is -3.67. The van der Waals surface area contributed by atoms with E-state index in [1.54, 1.807) is 13.2 Å². The van der Waals surface area contributed by atoms with Crippen LogP contribution in [-0.2, 0) is 10.1 Å². The Hall–Kier alpha value is -1.53. The molecule has 1 aromatic rings. The Morgan fingerprint density at radius 1 is 1.28 bits per heavy atom. The Balaban J connectivity index is 0.000000494. The third-order valence-electron chi connectivity index (χ3n) is 2.02. The molecule has 0 amide bonds. The summed E-state index contributed by atoms with van der Waals surface area (Å²) in [5.74, 6) is 1.08. The molecule has 0 spiro atoms. The summed E-state index contributed by atoms with van der Waals surface area (Å²) in [7, 11) is -2.02. The number of benzene rings is 1. The first-order chi connectivity index (χ1) is 8.27. The minimum absolute atomic E-state index is 0.232. The minimum Gasteiger partial charge on any atom is -0.516 e. The lowest BCUT2D eigenvalue weighted by atomic mass is 10.0. The molecule has 0 radical (unpaired) electrons. The average Bonchev–Trinajstić information content (AvgIpc) is 2.27. The van der Waals surface area contributed by atoms with Crippen LogP contribution < -0.4 is 4.74 Å². The van der Waals surface area contributed by atoms with Gasteiger partial charge >= 0.3 is 0 Å². The first-order valence-corrected chi connectivity index (χ1v) is 7.00. The smallest absolute Gasteiger partial charge is 0.261 e. The van der Waals surface area contributed by atoms with E-state index >= 15 is 0 Å². The van der Waals surface area contributed by atoms with E-state index in [1.165, 1.54) is 0 Å². The van der Waals surface area contributed by atoms with Gasteiger partial charge in [-0.3, -0.25) is 4.55 Å². The van der Waals surface area contributed by atoms with Crippen molar-refractivity contribution >= 4 is 10.1 Å². The molecular weight excluding hydrogens is 256 g/mol. The van der Waals surface area contributed by atoms with Gasteiger partial charge in [-0.25, -0.2) is 0 Å². The predicted molar refractivity (Wildman–Crippen MR) is 70.7 cm³/mol. The van der Waals surface area contributed by atoms with Crippen molar-refractivity contribution in [1.82, 2.24) is 0 Å². The number of hydrogen-bond donors (Lipinski definition) is 2. The van der Waals surface area contributed by atoms with Crippen LogP contribution in [0.3, 0.4) is 0 Å². The van der Waals surface area contributed by atoms with Gasteiger partial charge in [0.05, 0.1) is 19.6 Å². The summed E-state index contributed by atoms with van der Waals surface area (Å²) < 4.78 is 30.9. The van der Waals surface area contributed by atoms with Gasteiger partial charge in [-0.15, -0.1) is 0 Å². The number of ether oxygens (including phenoxy) is 1. The highest BCUT2D eigenvalue weighted by Gasteiger charge is 2.00. The molecule has 1 aromatic carbocycles. The van der Waals surface area contributed by atoms with Crippen LogP contribution in [-0.4, -0.2) is 31.4 Å². The molecule has 0 bridgehead atoms. The molecule has 102 valence electrons. The molecule has 1 unspecified atom stereocenters. The van der Waals surface area contributed by atoms with Gasteiger partial charge in [-0.05, 0) is 23.8 Å². The second-order valence-corrected chi connectivity index (χ2v) is 5.10. The SMILES string of the molecule is COc1ccc(C(C)C=CO)cc1.CS(=O)(=O)O. The zero-order valence-electron chi connectivity index (χ0n) is 10.6. The summed E-state index contributed by atoms with van der Waals surface area (Å²) in [4.78, 5) is 0. The van der Waals surface area contributed by atoms with Crippen molar-refractivity contribution in [2.45, 2.75) is 12.8 Å². The van der Waals surface area contributed by atoms with Gasteiger partial charge in [0, 0.05) is 5.92 Å². The van der Waals surface area contributed by atoms with Crippen molar-refractivity contribution in [1.29, 1.82) is 0 Å². The normalized spacial score (nSPS) is 12.7. The van der Waals surface area contributed by atoms with Crippen molar-refractivity contribution in [2.75, 3.05) is 13.4 Å². The lowest BCUT2D eigenvalue weighted by molar-refractivity contribution is 0.414. The topological polar surface area (TPSA) is 83.8 Å². The molecule has 0 saturated carbocycles. The maximum Gasteiger partial charge on any atom is 0.261 e. The number of rotatable bonds is 3. The van der Waals surface area contributed by atoms with E-state index in [0.717, 1.165) is 17.6 Å². The monoisotopic (exact) mass is 274 g/mol. The maximum atomic E-state index is 9.19. The van der Waals surface area contributed by atoms with Gasteiger partial charge in [0.1, 0.15) is 5.75 Å². The molecule has 1 atom stereocenters. The third kappa shape index (κ3) is 8.60. The summed E-state index contributed by atoms with van der Waals surface area (Å²) in [6.45, 7) is 2.02. The maximum absolute atomic E-state index is 9.19. The standard InChI is InChI=1S/C11H14O2.CH4O3S/c1-9(7-8-12)10-3-5-11(13-2)6-4-10;1-5(2,3)4/h3-9,12H,1-2H3;1H3,(H,2,3,4). The Kier molecular flexibility index (Phi) is 7.07. The number of aliphatic hydroxyl groups excluding tert-OH is 1. The van der Waals surface area contributed by atoms with Gasteiger partial charge in [0.2, 0.25) is 0 Å². The second kappa shape index (κ2) is 7.73. The van der Waals surface area contributed by atoms with E-state index in [0.29, 0.717) is 6.26 Å². The zero-order valence-corrected chi connectivity index (χ0v) is 11.4. The summed E-state index contributed by atoms with van der Waals surface area (Å²) in [6, 6.07) is 7.81. The summed E-state index contributed by atoms with van der Waals surface area (Å²) >= 11 is 0. The van der Waals surface area contributed by atoms with Gasteiger partial charge in [-0.2, -0.15) is 8.42 Å². The fraction of sp³-hybridized carbons (Fsp3) is 0.333. The predicted octanol–water partition coefficient (Wildman–Crippen LogP) is 2.37. The second-order valence-electron chi connectivity index (χ2n) is 3.64. The van der Waals surface area contributed by atoms with Crippen LogP contribution in [0, 0.1) is 0 Å². The van der Waals surface area contributed by atoms with E-state index in [2.05, 4.69) is 0 Å². The van der Waals surface area contributed by atoms with E-state index in [9.17, 15) is 8.42 Å². The molecule has 0 saturated heterocycles. The molecule has 2 N–H and O–H groups in total. The molecule has 6 heteroatoms. The summed E-state index contributed by atoms with van der Waals surface area (Å²) in [5, 5.41) is 8.59. The number of allylic oxidation sites excluding steroid dienone is 1. The van der Waals surface area contributed by atoms with Crippen LogP contribution in [0.1, 0.15) is 18.4 Å². The Labute approximate surface area is 107 Å². The number of aliphatic hydroxyl groups is 1. The van der Waals surface area contributed by atoms with Crippen LogP contribution in [0.5, 0.6) is 5.75 Å². The fourth-order valence-corrected chi connectivity index (χ4v) is 1.15. The van der Waals surface area contributed by atoms with E-state index in [4.69, 9.17) is 14.4 Å². The van der Waals surface area contributed by atoms with Crippen molar-refractivity contribution in [3.05, 3.63) is 42.2 Å². The van der Waals surface area contributed by atoms with E-state index < -0.39 is 10.1 Å². The largest absolute Gasteiger partial charge is 0.516 e. The molecule has 0 aliphatic rings. The lowest BCUT2D eigenvalue weighted by Gasteiger charge is -2.06. The Morgan fingerprint density at radius 2 is 1.72 bits per heavy atom. The first-order valence-electron chi connectivity index (χ1n) is 5.15. The summed E-state index contributed by atoms with van der Waals surface area (Å²) in [5.41, 5.74) is 1.16. The molecule has 0 aromatic heterocycles. The van der Waals surface area contributed by atoms with Crippen LogP contribution in [0.2, 0.25) is 0 Å². The molecule has 0 heterocycles. The van der Waals surface area contributed by atoms with Crippen LogP contribution in [0.25, 0.3) is 0 Å². The molecule has 0 aliphatic heterocycles.